The number of phenolic OH excluding ortho intramolecular Hbond substituents is 1. The minimum atomic E-state index is -0.609. The van der Waals surface area contributed by atoms with Crippen molar-refractivity contribution in [3.05, 3.63) is 28.2 Å². The molecule has 1 rings (SSSR count). The number of halogens is 2. The highest BCUT2D eigenvalue weighted by molar-refractivity contribution is 9.10. The van der Waals surface area contributed by atoms with Crippen LogP contribution < -0.4 is 5.73 Å². The van der Waals surface area contributed by atoms with Crippen molar-refractivity contribution in [3.8, 4) is 5.75 Å². The van der Waals surface area contributed by atoms with Crippen LogP contribution in [0.1, 0.15) is 11.6 Å². The number of hydrogen-bond donors (Lipinski definition) is 2. The second kappa shape index (κ2) is 3.87. The van der Waals surface area contributed by atoms with Crippen LogP contribution >= 0.6 is 15.9 Å². The number of rotatable bonds is 2. The van der Waals surface area contributed by atoms with Crippen LogP contribution in [0.4, 0.5) is 4.39 Å². The zero-order chi connectivity index (χ0) is 9.14. The summed E-state index contributed by atoms with van der Waals surface area (Å²) in [5, 5.41) is 9.12. The monoisotopic (exact) mass is 233 g/mol. The first-order valence-electron chi connectivity index (χ1n) is 3.45. The van der Waals surface area contributed by atoms with E-state index in [9.17, 15) is 4.39 Å². The van der Waals surface area contributed by atoms with Gasteiger partial charge in [-0.05, 0) is 33.6 Å². The highest BCUT2D eigenvalue weighted by atomic mass is 79.9. The smallest absolute Gasteiger partial charge is 0.129 e. The Bertz CT molecular complexity index is 280. The molecule has 0 radical (unpaired) electrons. The summed E-state index contributed by atoms with van der Waals surface area (Å²) in [4.78, 5) is 0. The maximum Gasteiger partial charge on any atom is 0.129 e. The van der Waals surface area contributed by atoms with Crippen molar-refractivity contribution in [2.24, 2.45) is 5.73 Å². The van der Waals surface area contributed by atoms with E-state index >= 15 is 0 Å². The van der Waals surface area contributed by atoms with Gasteiger partial charge in [-0.25, -0.2) is 4.39 Å². The van der Waals surface area contributed by atoms with Crippen LogP contribution in [0.5, 0.6) is 5.75 Å². The summed E-state index contributed by atoms with van der Waals surface area (Å²) in [6.07, 6.45) is 0. The summed E-state index contributed by atoms with van der Waals surface area (Å²) in [6.45, 7) is -0.600. The largest absolute Gasteiger partial charge is 0.507 e. The Morgan fingerprint density at radius 3 is 2.75 bits per heavy atom. The molecule has 0 aliphatic heterocycles. The molecule has 4 heteroatoms. The zero-order valence-electron chi connectivity index (χ0n) is 6.30. The minimum Gasteiger partial charge on any atom is -0.507 e. The fourth-order valence-corrected chi connectivity index (χ4v) is 1.24. The van der Waals surface area contributed by atoms with Crippen LogP contribution in [-0.2, 0) is 0 Å². The molecule has 0 aromatic heterocycles. The highest BCUT2D eigenvalue weighted by Gasteiger charge is 2.06. The molecule has 3 N–H and O–H groups in total. The van der Waals surface area contributed by atoms with Crippen molar-refractivity contribution in [1.29, 1.82) is 0 Å². The summed E-state index contributed by atoms with van der Waals surface area (Å²) in [5.74, 6) is 0.129. The molecule has 0 saturated heterocycles. The van der Waals surface area contributed by atoms with Crippen LogP contribution in [0.3, 0.4) is 0 Å². The molecule has 0 heterocycles. The Labute approximate surface area is 78.3 Å². The molecule has 0 amide bonds. The van der Waals surface area contributed by atoms with Gasteiger partial charge >= 0.3 is 0 Å². The molecule has 0 saturated carbocycles. The summed E-state index contributed by atoms with van der Waals surface area (Å²) < 4.78 is 12.6. The molecule has 66 valence electrons. The van der Waals surface area contributed by atoms with E-state index in [-0.39, 0.29) is 5.75 Å². The Kier molecular flexibility index (Phi) is 3.05. The minimum absolute atomic E-state index is 0.129. The van der Waals surface area contributed by atoms with Gasteiger partial charge in [0.25, 0.3) is 0 Å². The SMILES string of the molecule is N[C@H](CF)c1ccc(O)c(Br)c1. The fourth-order valence-electron chi connectivity index (χ4n) is 0.843. The quantitative estimate of drug-likeness (QED) is 0.823. The van der Waals surface area contributed by atoms with Crippen LogP contribution in [0.25, 0.3) is 0 Å². The second-order valence-electron chi connectivity index (χ2n) is 2.47. The second-order valence-corrected chi connectivity index (χ2v) is 3.33. The predicted molar refractivity (Wildman–Crippen MR) is 48.7 cm³/mol. The number of benzene rings is 1. The van der Waals surface area contributed by atoms with E-state index < -0.39 is 12.7 Å². The summed E-state index contributed by atoms with van der Waals surface area (Å²) in [7, 11) is 0. The van der Waals surface area contributed by atoms with Gasteiger partial charge in [-0.15, -0.1) is 0 Å². The number of hydrogen-bond acceptors (Lipinski definition) is 2. The molecular weight excluding hydrogens is 225 g/mol. The average molecular weight is 234 g/mol. The van der Waals surface area contributed by atoms with Crippen molar-refractivity contribution in [1.82, 2.24) is 0 Å². The van der Waals surface area contributed by atoms with Crippen molar-refractivity contribution in [3.63, 3.8) is 0 Å². The highest BCUT2D eigenvalue weighted by Crippen LogP contribution is 2.26. The van der Waals surface area contributed by atoms with Gasteiger partial charge in [-0.2, -0.15) is 0 Å². The van der Waals surface area contributed by atoms with Gasteiger partial charge in [0.15, 0.2) is 0 Å². The average Bonchev–Trinajstić information content (AvgIpc) is 2.08. The first kappa shape index (κ1) is 9.48. The molecule has 12 heavy (non-hydrogen) atoms. The van der Waals surface area contributed by atoms with Gasteiger partial charge < -0.3 is 10.8 Å². The third kappa shape index (κ3) is 1.95. The van der Waals surface area contributed by atoms with Gasteiger partial charge in [0, 0.05) is 0 Å². The van der Waals surface area contributed by atoms with Crippen molar-refractivity contribution < 1.29 is 9.50 Å². The Balaban J connectivity index is 2.96. The van der Waals surface area contributed by atoms with Crippen LogP contribution in [0.15, 0.2) is 22.7 Å². The van der Waals surface area contributed by atoms with E-state index in [2.05, 4.69) is 15.9 Å². The Morgan fingerprint density at radius 2 is 2.25 bits per heavy atom. The van der Waals surface area contributed by atoms with Gasteiger partial charge in [0.2, 0.25) is 0 Å². The summed E-state index contributed by atoms with van der Waals surface area (Å²) >= 11 is 3.12. The van der Waals surface area contributed by atoms with Crippen LogP contribution in [-0.4, -0.2) is 11.8 Å². The molecule has 0 fully saturated rings. The van der Waals surface area contributed by atoms with E-state index in [4.69, 9.17) is 10.8 Å². The Morgan fingerprint density at radius 1 is 1.58 bits per heavy atom. The van der Waals surface area contributed by atoms with Crippen LogP contribution in [0, 0.1) is 0 Å². The van der Waals surface area contributed by atoms with Crippen molar-refractivity contribution in [2.75, 3.05) is 6.67 Å². The van der Waals surface area contributed by atoms with E-state index in [0.717, 1.165) is 0 Å². The molecule has 0 bridgehead atoms. The molecule has 1 aromatic rings. The first-order chi connectivity index (χ1) is 5.65. The maximum absolute atomic E-state index is 12.1. The third-order valence-electron chi connectivity index (χ3n) is 1.57. The molecule has 0 aliphatic carbocycles. The number of phenols is 1. The van der Waals surface area contributed by atoms with Crippen molar-refractivity contribution >= 4 is 15.9 Å². The van der Waals surface area contributed by atoms with E-state index in [1.165, 1.54) is 6.07 Å². The number of nitrogens with two attached hydrogens (primary N) is 1. The molecule has 0 spiro atoms. The fraction of sp³-hybridized carbons (Fsp3) is 0.250. The predicted octanol–water partition coefficient (Wildman–Crippen LogP) is 2.12. The molecule has 0 unspecified atom stereocenters. The lowest BCUT2D eigenvalue weighted by atomic mass is 10.1. The topological polar surface area (TPSA) is 46.2 Å². The van der Waals surface area contributed by atoms with Gasteiger partial charge in [-0.1, -0.05) is 6.07 Å². The van der Waals surface area contributed by atoms with E-state index in [1.54, 1.807) is 12.1 Å². The summed E-state index contributed by atoms with van der Waals surface area (Å²) in [5.41, 5.74) is 6.10. The maximum atomic E-state index is 12.1. The van der Waals surface area contributed by atoms with Gasteiger partial charge in [0.05, 0.1) is 10.5 Å². The third-order valence-corrected chi connectivity index (χ3v) is 2.20. The molecule has 0 aliphatic rings. The van der Waals surface area contributed by atoms with Crippen LogP contribution in [0.2, 0.25) is 0 Å². The van der Waals surface area contributed by atoms with Gasteiger partial charge in [-0.3, -0.25) is 0 Å². The molecule has 2 nitrogen and oxygen atoms in total. The number of aromatic hydroxyl groups is 1. The lowest BCUT2D eigenvalue weighted by Crippen LogP contribution is -2.11. The summed E-state index contributed by atoms with van der Waals surface area (Å²) in [6, 6.07) is 4.08. The lowest BCUT2D eigenvalue weighted by molar-refractivity contribution is 0.435. The Hall–Kier alpha value is -0.610. The van der Waals surface area contributed by atoms with E-state index in [1.807, 2.05) is 0 Å². The van der Waals surface area contributed by atoms with E-state index in [0.29, 0.717) is 10.0 Å². The first-order valence-corrected chi connectivity index (χ1v) is 4.24. The lowest BCUT2D eigenvalue weighted by Gasteiger charge is -2.07. The standard InChI is InChI=1S/C8H9BrFNO/c9-6-3-5(7(11)4-10)1-2-8(6)12/h1-3,7,12H,4,11H2/t7-/m1/s1. The number of alkyl halides is 1. The molecule has 1 atom stereocenters. The zero-order valence-corrected chi connectivity index (χ0v) is 7.88. The normalized spacial score (nSPS) is 12.9. The van der Waals surface area contributed by atoms with Crippen molar-refractivity contribution in [2.45, 2.75) is 6.04 Å². The molecule has 1 aromatic carbocycles. The van der Waals surface area contributed by atoms with Gasteiger partial charge in [0.1, 0.15) is 12.4 Å². The molecular formula is C8H9BrFNO.